The first-order valence-corrected chi connectivity index (χ1v) is 10.0. The lowest BCUT2D eigenvalue weighted by Crippen LogP contribution is -2.44. The van der Waals surface area contributed by atoms with Crippen LogP contribution in [-0.2, 0) is 4.79 Å². The number of halogens is 1. The highest BCUT2D eigenvalue weighted by atomic mass is 19.1. The number of aromatic nitrogens is 1. The van der Waals surface area contributed by atoms with Crippen LogP contribution in [0.3, 0.4) is 0 Å². The molecule has 6 heteroatoms. The van der Waals surface area contributed by atoms with E-state index in [1.807, 2.05) is 42.6 Å². The Morgan fingerprint density at radius 1 is 0.968 bits per heavy atom. The monoisotopic (exact) mass is 413 g/mol. The van der Waals surface area contributed by atoms with Crippen LogP contribution in [0.5, 0.6) is 0 Å². The normalized spacial score (nSPS) is 18.1. The fourth-order valence-corrected chi connectivity index (χ4v) is 4.44. The summed E-state index contributed by atoms with van der Waals surface area (Å²) in [5, 5.41) is 3.87. The molecule has 5 rings (SSSR count). The molecule has 0 bridgehead atoms. The molecule has 4 aromatic rings. The van der Waals surface area contributed by atoms with Crippen molar-refractivity contribution in [3.05, 3.63) is 102 Å². The standard InChI is InChI=1S/C25H20FN3O2/c1-29-23(20-14-27-21-9-5-4-6-17(20)21)22(18-7-2-3-8-19(18)25(29)31)24(30)28-16-12-10-15(26)11-13-16/h2-14,22-23,27H,1H3,(H,28,30)/t22-,23+/m0/s1. The van der Waals surface area contributed by atoms with Gasteiger partial charge in [0.15, 0.2) is 0 Å². The van der Waals surface area contributed by atoms with E-state index >= 15 is 0 Å². The number of fused-ring (bicyclic) bond motifs is 2. The van der Waals surface area contributed by atoms with Gasteiger partial charge in [-0.1, -0.05) is 36.4 Å². The van der Waals surface area contributed by atoms with E-state index in [4.69, 9.17) is 0 Å². The van der Waals surface area contributed by atoms with Gasteiger partial charge in [0.1, 0.15) is 5.82 Å². The van der Waals surface area contributed by atoms with Gasteiger partial charge >= 0.3 is 0 Å². The van der Waals surface area contributed by atoms with Crippen molar-refractivity contribution in [2.45, 2.75) is 12.0 Å². The summed E-state index contributed by atoms with van der Waals surface area (Å²) in [6, 6.07) is 20.2. The van der Waals surface area contributed by atoms with Crippen molar-refractivity contribution in [1.29, 1.82) is 0 Å². The third-order valence-electron chi connectivity index (χ3n) is 5.91. The number of likely N-dealkylation sites (N-methyl/N-ethyl adjacent to an activating group) is 1. The van der Waals surface area contributed by atoms with Crippen molar-refractivity contribution in [2.24, 2.45) is 0 Å². The average molecular weight is 413 g/mol. The number of nitrogens with zero attached hydrogens (tertiary/aromatic N) is 1. The number of para-hydroxylation sites is 1. The number of hydrogen-bond acceptors (Lipinski definition) is 2. The minimum Gasteiger partial charge on any atom is -0.361 e. The Kier molecular flexibility index (Phi) is 4.55. The van der Waals surface area contributed by atoms with Crippen LogP contribution < -0.4 is 5.32 Å². The highest BCUT2D eigenvalue weighted by Gasteiger charge is 2.43. The second-order valence-electron chi connectivity index (χ2n) is 7.71. The van der Waals surface area contributed by atoms with Gasteiger partial charge in [-0.05, 0) is 42.0 Å². The number of carbonyl (C=O) groups is 2. The highest BCUT2D eigenvalue weighted by molar-refractivity contribution is 6.05. The first-order valence-electron chi connectivity index (χ1n) is 10.0. The molecule has 0 radical (unpaired) electrons. The highest BCUT2D eigenvalue weighted by Crippen LogP contribution is 2.44. The molecule has 31 heavy (non-hydrogen) atoms. The molecule has 1 aliphatic rings. The quantitative estimate of drug-likeness (QED) is 0.504. The second kappa shape index (κ2) is 7.40. The van der Waals surface area contributed by atoms with E-state index in [-0.39, 0.29) is 17.6 Å². The maximum absolute atomic E-state index is 13.6. The number of H-pyrrole nitrogens is 1. The molecule has 3 aromatic carbocycles. The Morgan fingerprint density at radius 3 is 2.48 bits per heavy atom. The van der Waals surface area contributed by atoms with Gasteiger partial charge in [0.2, 0.25) is 5.91 Å². The second-order valence-corrected chi connectivity index (χ2v) is 7.71. The van der Waals surface area contributed by atoms with Gasteiger partial charge in [-0.25, -0.2) is 4.39 Å². The lowest BCUT2D eigenvalue weighted by molar-refractivity contribution is -0.119. The molecule has 5 nitrogen and oxygen atoms in total. The summed E-state index contributed by atoms with van der Waals surface area (Å²) < 4.78 is 13.3. The van der Waals surface area contributed by atoms with Crippen molar-refractivity contribution in [1.82, 2.24) is 9.88 Å². The maximum atomic E-state index is 13.6. The first kappa shape index (κ1) is 19.1. The lowest BCUT2D eigenvalue weighted by Gasteiger charge is -2.39. The van der Waals surface area contributed by atoms with Gasteiger partial charge in [-0.3, -0.25) is 9.59 Å². The molecule has 2 amide bonds. The molecule has 0 fully saturated rings. The fraction of sp³-hybridized carbons (Fsp3) is 0.120. The van der Waals surface area contributed by atoms with E-state index in [2.05, 4.69) is 10.3 Å². The molecule has 0 aliphatic carbocycles. The molecule has 1 aliphatic heterocycles. The molecule has 0 saturated carbocycles. The Hall–Kier alpha value is -3.93. The smallest absolute Gasteiger partial charge is 0.254 e. The predicted molar refractivity (Wildman–Crippen MR) is 117 cm³/mol. The van der Waals surface area contributed by atoms with Crippen molar-refractivity contribution in [2.75, 3.05) is 12.4 Å². The van der Waals surface area contributed by atoms with Crippen LogP contribution in [0.2, 0.25) is 0 Å². The van der Waals surface area contributed by atoms with Crippen LogP contribution in [0, 0.1) is 5.82 Å². The number of anilines is 1. The van der Waals surface area contributed by atoms with Gasteiger partial charge in [-0.15, -0.1) is 0 Å². The van der Waals surface area contributed by atoms with Crippen molar-refractivity contribution in [3.63, 3.8) is 0 Å². The minimum atomic E-state index is -0.636. The molecule has 2 atom stereocenters. The predicted octanol–water partition coefficient (Wildman–Crippen LogP) is 4.86. The van der Waals surface area contributed by atoms with E-state index < -0.39 is 12.0 Å². The third kappa shape index (κ3) is 3.17. The summed E-state index contributed by atoms with van der Waals surface area (Å²) in [6.45, 7) is 0. The van der Waals surface area contributed by atoms with Crippen LogP contribution >= 0.6 is 0 Å². The Balaban J connectivity index is 1.64. The average Bonchev–Trinajstić information content (AvgIpc) is 3.21. The summed E-state index contributed by atoms with van der Waals surface area (Å²) in [6.07, 6.45) is 1.87. The SMILES string of the molecule is CN1C(=O)c2ccccc2[C@H](C(=O)Nc2ccc(F)cc2)[C@H]1c1c[nH]c2ccccc12. The number of nitrogens with one attached hydrogen (secondary N) is 2. The molecule has 154 valence electrons. The van der Waals surface area contributed by atoms with E-state index in [1.165, 1.54) is 24.3 Å². The maximum Gasteiger partial charge on any atom is 0.254 e. The first-order chi connectivity index (χ1) is 15.0. The third-order valence-corrected chi connectivity index (χ3v) is 5.91. The summed E-state index contributed by atoms with van der Waals surface area (Å²) in [5.74, 6) is -1.39. The number of carbonyl (C=O) groups excluding carboxylic acids is 2. The Bertz CT molecular complexity index is 1300. The van der Waals surface area contributed by atoms with Crippen molar-refractivity contribution >= 4 is 28.4 Å². The van der Waals surface area contributed by atoms with Crippen molar-refractivity contribution in [3.8, 4) is 0 Å². The number of rotatable bonds is 3. The van der Waals surface area contributed by atoms with Crippen LogP contribution in [0.4, 0.5) is 10.1 Å². The van der Waals surface area contributed by atoms with Crippen LogP contribution in [-0.4, -0.2) is 28.7 Å². The van der Waals surface area contributed by atoms with Gasteiger partial charge < -0.3 is 15.2 Å². The Morgan fingerprint density at radius 2 is 1.68 bits per heavy atom. The summed E-state index contributed by atoms with van der Waals surface area (Å²) in [4.78, 5) is 31.6. The van der Waals surface area contributed by atoms with Crippen LogP contribution in [0.25, 0.3) is 10.9 Å². The molecule has 2 heterocycles. The number of aromatic amines is 1. The molecule has 2 N–H and O–H groups in total. The van der Waals surface area contributed by atoms with Gasteiger partial charge in [0, 0.05) is 41.0 Å². The topological polar surface area (TPSA) is 65.2 Å². The Labute approximate surface area is 178 Å². The van der Waals surface area contributed by atoms with Gasteiger partial charge in [-0.2, -0.15) is 0 Å². The van der Waals surface area contributed by atoms with Gasteiger partial charge in [0.25, 0.3) is 5.91 Å². The zero-order chi connectivity index (χ0) is 21.5. The zero-order valence-corrected chi connectivity index (χ0v) is 16.8. The van der Waals surface area contributed by atoms with Crippen molar-refractivity contribution < 1.29 is 14.0 Å². The molecule has 0 unspecified atom stereocenters. The zero-order valence-electron chi connectivity index (χ0n) is 16.8. The molecule has 0 spiro atoms. The number of hydrogen-bond donors (Lipinski definition) is 2. The van der Waals surface area contributed by atoms with E-state index in [9.17, 15) is 14.0 Å². The lowest BCUT2D eigenvalue weighted by atomic mass is 9.79. The van der Waals surface area contributed by atoms with Crippen LogP contribution in [0.15, 0.2) is 79.0 Å². The summed E-state index contributed by atoms with van der Waals surface area (Å²) >= 11 is 0. The molecular formula is C25H20FN3O2. The van der Waals surface area contributed by atoms with Gasteiger partial charge in [0.05, 0.1) is 12.0 Å². The molecule has 1 aromatic heterocycles. The largest absolute Gasteiger partial charge is 0.361 e. The number of benzene rings is 3. The molecular weight excluding hydrogens is 393 g/mol. The number of amides is 2. The summed E-state index contributed by atoms with van der Waals surface area (Å²) in [5.41, 5.74) is 3.51. The molecule has 0 saturated heterocycles. The van der Waals surface area contributed by atoms with E-state index in [1.54, 1.807) is 24.1 Å². The fourth-order valence-electron chi connectivity index (χ4n) is 4.44. The van der Waals surface area contributed by atoms with Crippen LogP contribution in [0.1, 0.15) is 33.4 Å². The summed E-state index contributed by atoms with van der Waals surface area (Å²) in [7, 11) is 1.73. The minimum absolute atomic E-state index is 0.128. The van der Waals surface area contributed by atoms with E-state index in [0.29, 0.717) is 16.8 Å². The van der Waals surface area contributed by atoms with E-state index in [0.717, 1.165) is 16.5 Å².